The first-order valence-electron chi connectivity index (χ1n) is 7.66. The van der Waals surface area contributed by atoms with Crippen LogP contribution in [0.4, 0.5) is 0 Å². The summed E-state index contributed by atoms with van der Waals surface area (Å²) in [5.41, 5.74) is 0. The Bertz CT molecular complexity index is 188. The largest absolute Gasteiger partial charge is 0.398 e. The van der Waals surface area contributed by atoms with Gasteiger partial charge >= 0.3 is 8.56 Å². The normalized spacial score (nSPS) is 12.6. The summed E-state index contributed by atoms with van der Waals surface area (Å²) in [7, 11) is 1.62. The predicted octanol–water partition coefficient (Wildman–Crippen LogP) is 2.41. The second-order valence-electron chi connectivity index (χ2n) is 4.87. The maximum absolute atomic E-state index is 5.83. The highest BCUT2D eigenvalue weighted by molar-refractivity contribution is 6.67. The summed E-state index contributed by atoms with van der Waals surface area (Å²) in [6, 6.07) is 2.12. The van der Waals surface area contributed by atoms with Crippen LogP contribution < -0.4 is 0 Å². The van der Waals surface area contributed by atoms with Gasteiger partial charge in [-0.15, -0.1) is 0 Å². The molecule has 0 spiro atoms. The highest BCUT2D eigenvalue weighted by Crippen LogP contribution is 2.19. The third-order valence-corrected chi connectivity index (χ3v) is 7.61. The molecule has 0 atom stereocenters. The summed E-state index contributed by atoms with van der Waals surface area (Å²) in [6.45, 7) is 15.4. The van der Waals surface area contributed by atoms with Crippen LogP contribution >= 0.6 is 0 Å². The van der Waals surface area contributed by atoms with Crippen LogP contribution in [0.5, 0.6) is 0 Å². The molecule has 0 radical (unpaired) electrons. The van der Waals surface area contributed by atoms with E-state index in [2.05, 4.69) is 37.5 Å². The summed E-state index contributed by atoms with van der Waals surface area (Å²) in [5.74, 6) is 0. The molecule has 0 amide bonds. The van der Waals surface area contributed by atoms with Crippen LogP contribution in [-0.4, -0.2) is 71.8 Å². The number of hydrogen-bond donors (Lipinski definition) is 0. The molecule has 0 fully saturated rings. The van der Waals surface area contributed by atoms with E-state index in [-0.39, 0.29) is 0 Å². The Morgan fingerprint density at radius 3 is 1.21 bits per heavy atom. The molecule has 116 valence electrons. The van der Waals surface area contributed by atoms with Gasteiger partial charge in [0, 0.05) is 39.4 Å². The zero-order valence-corrected chi connectivity index (χ0v) is 14.9. The van der Waals surface area contributed by atoms with E-state index in [0.29, 0.717) is 0 Å². The molecule has 4 nitrogen and oxygen atoms in total. The smallest absolute Gasteiger partial charge is 0.340 e. The molecule has 0 aliphatic carbocycles. The van der Waals surface area contributed by atoms with E-state index in [1.165, 1.54) is 0 Å². The van der Waals surface area contributed by atoms with E-state index < -0.39 is 8.56 Å². The number of rotatable bonds is 12. The molecule has 0 saturated heterocycles. The maximum Gasteiger partial charge on any atom is 0.340 e. The minimum absolute atomic E-state index is 1.06. The fourth-order valence-corrected chi connectivity index (χ4v) is 4.90. The first-order chi connectivity index (χ1) is 9.11. The molecule has 0 heterocycles. The van der Waals surface area contributed by atoms with Crippen molar-refractivity contribution in [2.24, 2.45) is 0 Å². The first-order valence-corrected chi connectivity index (χ1v) is 9.89. The van der Waals surface area contributed by atoms with Crippen molar-refractivity contribution >= 4 is 8.56 Å². The molecule has 0 aromatic carbocycles. The van der Waals surface area contributed by atoms with Crippen molar-refractivity contribution in [3.8, 4) is 0 Å². The topological polar surface area (TPSA) is 24.9 Å². The minimum Gasteiger partial charge on any atom is -0.398 e. The Kier molecular flexibility index (Phi) is 10.8. The average molecular weight is 291 g/mol. The predicted molar refractivity (Wildman–Crippen MR) is 85.0 cm³/mol. The summed E-state index contributed by atoms with van der Waals surface area (Å²) < 4.78 is 11.7. The Balaban J connectivity index is 4.39. The Morgan fingerprint density at radius 1 is 0.684 bits per heavy atom. The van der Waals surface area contributed by atoms with Gasteiger partial charge in [-0.3, -0.25) is 0 Å². The van der Waals surface area contributed by atoms with Gasteiger partial charge in [0.1, 0.15) is 0 Å². The molecule has 0 N–H and O–H groups in total. The van der Waals surface area contributed by atoms with Gasteiger partial charge in [0.2, 0.25) is 0 Å². The van der Waals surface area contributed by atoms with Crippen LogP contribution in [0.25, 0.3) is 0 Å². The number of nitrogens with zero attached hydrogens (tertiary/aromatic N) is 2. The molecule has 0 aromatic rings. The van der Waals surface area contributed by atoms with Crippen LogP contribution in [0.1, 0.15) is 27.7 Å². The Hall–Kier alpha value is 0.0569. The van der Waals surface area contributed by atoms with E-state index in [0.717, 1.165) is 51.4 Å². The van der Waals surface area contributed by atoms with E-state index in [1.54, 1.807) is 0 Å². The summed E-state index contributed by atoms with van der Waals surface area (Å²) >= 11 is 0. The molecule has 5 heteroatoms. The van der Waals surface area contributed by atoms with Gasteiger partial charge in [0.05, 0.1) is 0 Å². The highest BCUT2D eigenvalue weighted by Gasteiger charge is 2.35. The van der Waals surface area contributed by atoms with Gasteiger partial charge in [-0.25, -0.2) is 0 Å². The first kappa shape index (κ1) is 19.1. The molecule has 0 aliphatic rings. The van der Waals surface area contributed by atoms with Gasteiger partial charge in [-0.05, 0) is 26.2 Å². The summed E-state index contributed by atoms with van der Waals surface area (Å²) in [4.78, 5) is 4.88. The van der Waals surface area contributed by atoms with Crippen LogP contribution in [-0.2, 0) is 8.85 Å². The summed E-state index contributed by atoms with van der Waals surface area (Å²) in [5, 5.41) is 0. The molecule has 19 heavy (non-hydrogen) atoms. The SMILES string of the molecule is CCN(CC)CC[Si](CCN(CC)CC)(OC)OC. The van der Waals surface area contributed by atoms with Crippen molar-refractivity contribution in [1.29, 1.82) is 0 Å². The molecule has 0 bridgehead atoms. The van der Waals surface area contributed by atoms with Crippen molar-refractivity contribution in [2.75, 3.05) is 53.5 Å². The lowest BCUT2D eigenvalue weighted by atomic mass is 10.5. The quantitative estimate of drug-likeness (QED) is 0.515. The Labute approximate surface area is 121 Å². The number of hydrogen-bond acceptors (Lipinski definition) is 4. The van der Waals surface area contributed by atoms with Crippen LogP contribution in [0.15, 0.2) is 0 Å². The molecule has 0 aromatic heterocycles. The minimum atomic E-state index is -2.02. The van der Waals surface area contributed by atoms with Gasteiger partial charge in [-0.2, -0.15) is 0 Å². The average Bonchev–Trinajstić information content (AvgIpc) is 2.47. The molecule has 0 saturated carbocycles. The Morgan fingerprint density at radius 2 is 1.00 bits per heavy atom. The van der Waals surface area contributed by atoms with Crippen molar-refractivity contribution in [2.45, 2.75) is 39.8 Å². The fraction of sp³-hybridized carbons (Fsp3) is 1.00. The summed E-state index contributed by atoms with van der Waals surface area (Å²) in [6.07, 6.45) is 0. The second-order valence-corrected chi connectivity index (χ2v) is 8.51. The zero-order valence-electron chi connectivity index (χ0n) is 13.9. The maximum atomic E-state index is 5.83. The molecular formula is C14H34N2O2Si. The molecule has 0 unspecified atom stereocenters. The van der Waals surface area contributed by atoms with E-state index >= 15 is 0 Å². The lowest BCUT2D eigenvalue weighted by molar-refractivity contribution is 0.218. The van der Waals surface area contributed by atoms with Crippen LogP contribution in [0.3, 0.4) is 0 Å². The monoisotopic (exact) mass is 290 g/mol. The van der Waals surface area contributed by atoms with Crippen molar-refractivity contribution in [3.05, 3.63) is 0 Å². The van der Waals surface area contributed by atoms with Crippen molar-refractivity contribution in [1.82, 2.24) is 9.80 Å². The fourth-order valence-electron chi connectivity index (χ4n) is 2.35. The van der Waals surface area contributed by atoms with E-state index in [1.807, 2.05) is 14.2 Å². The van der Waals surface area contributed by atoms with Crippen molar-refractivity contribution in [3.63, 3.8) is 0 Å². The van der Waals surface area contributed by atoms with Gasteiger partial charge < -0.3 is 18.7 Å². The lowest BCUT2D eigenvalue weighted by Crippen LogP contribution is -2.45. The van der Waals surface area contributed by atoms with Crippen molar-refractivity contribution < 1.29 is 8.85 Å². The molecule has 0 aliphatic heterocycles. The second kappa shape index (κ2) is 10.8. The van der Waals surface area contributed by atoms with Gasteiger partial charge in [-0.1, -0.05) is 27.7 Å². The third kappa shape index (κ3) is 6.86. The third-order valence-electron chi connectivity index (χ3n) is 4.15. The van der Waals surface area contributed by atoms with E-state index in [4.69, 9.17) is 8.85 Å². The molecule has 0 rings (SSSR count). The highest BCUT2D eigenvalue weighted by atomic mass is 28.4. The van der Waals surface area contributed by atoms with Gasteiger partial charge in [0.25, 0.3) is 0 Å². The lowest BCUT2D eigenvalue weighted by Gasteiger charge is -2.31. The van der Waals surface area contributed by atoms with Gasteiger partial charge in [0.15, 0.2) is 0 Å². The molecular weight excluding hydrogens is 256 g/mol. The van der Waals surface area contributed by atoms with Crippen LogP contribution in [0.2, 0.25) is 12.1 Å². The van der Waals surface area contributed by atoms with Crippen LogP contribution in [0, 0.1) is 0 Å². The standard InChI is InChI=1S/C14H34N2O2Si/c1-7-15(8-2)11-13-19(17-5,18-6)14-12-16(9-3)10-4/h7-14H2,1-6H3. The van der Waals surface area contributed by atoms with E-state index in [9.17, 15) is 0 Å². The zero-order chi connectivity index (χ0) is 14.7.